The van der Waals surface area contributed by atoms with E-state index in [-0.39, 0.29) is 32.4 Å². The highest BCUT2D eigenvalue weighted by molar-refractivity contribution is 8.44. The summed E-state index contributed by atoms with van der Waals surface area (Å²) in [7, 11) is 0. The third-order valence-electron chi connectivity index (χ3n) is 7.56. The fourth-order valence-corrected chi connectivity index (χ4v) is 9.08. The highest BCUT2D eigenvalue weighted by Crippen LogP contribution is 2.60. The molecule has 1 aromatic carbocycles. The van der Waals surface area contributed by atoms with Crippen LogP contribution in [0.3, 0.4) is 0 Å². The number of nitrogen functional groups attached to an aromatic ring is 1. The maximum Gasteiger partial charge on any atom is 0.386 e. The molecule has 4 N–H and O–H groups in total. The van der Waals surface area contributed by atoms with Gasteiger partial charge in [-0.1, -0.05) is 47.7 Å². The number of rotatable bonds is 2. The fourth-order valence-electron chi connectivity index (χ4n) is 5.51. The first-order chi connectivity index (χ1) is 22.1. The molecule has 0 radical (unpaired) electrons. The first-order valence-corrected chi connectivity index (χ1v) is 19.8. The Morgan fingerprint density at radius 1 is 1.00 bits per heavy atom. The summed E-state index contributed by atoms with van der Waals surface area (Å²) < 4.78 is 79.2. The van der Waals surface area contributed by atoms with Crippen molar-refractivity contribution in [3.8, 4) is 0 Å². The summed E-state index contributed by atoms with van der Waals surface area (Å²) in [5, 5.41) is 11.6. The molecule has 6 unspecified atom stereocenters. The number of benzene rings is 1. The van der Waals surface area contributed by atoms with Gasteiger partial charge in [-0.3, -0.25) is 37.0 Å². The molecule has 3 aliphatic rings. The van der Waals surface area contributed by atoms with Crippen LogP contribution in [0.25, 0.3) is 22.2 Å². The highest BCUT2D eigenvalue weighted by atomic mass is 35.5. The predicted molar refractivity (Wildman–Crippen MR) is 171 cm³/mol. The highest BCUT2D eigenvalue weighted by Gasteiger charge is 2.54. The smallest absolute Gasteiger partial charge is 0.386 e. The zero-order valence-electron chi connectivity index (χ0n) is 23.0. The molecule has 3 aromatic heterocycles. The van der Waals surface area contributed by atoms with Gasteiger partial charge >= 0.3 is 13.6 Å². The summed E-state index contributed by atoms with van der Waals surface area (Å²) in [6.45, 7) is -10.2. The number of halogens is 4. The Morgan fingerprint density at radius 2 is 1.62 bits per heavy atom. The van der Waals surface area contributed by atoms with Crippen molar-refractivity contribution in [2.45, 2.75) is 49.1 Å². The van der Waals surface area contributed by atoms with Gasteiger partial charge in [-0.25, -0.2) is 23.5 Å². The Morgan fingerprint density at radius 3 is 2.32 bits per heavy atom. The lowest BCUT2D eigenvalue weighted by Crippen LogP contribution is -2.37. The fraction of sp³-hybridized carbons (Fsp3) is 0.455. The molecule has 47 heavy (non-hydrogen) atoms. The van der Waals surface area contributed by atoms with E-state index in [0.717, 1.165) is 10.9 Å². The number of fused-ring (bicyclic) bond motifs is 4. The van der Waals surface area contributed by atoms with E-state index in [1.54, 1.807) is 0 Å². The van der Waals surface area contributed by atoms with Crippen LogP contribution in [-0.4, -0.2) is 84.1 Å². The van der Waals surface area contributed by atoms with Crippen LogP contribution < -0.4 is 11.3 Å². The number of hydrogen-bond donors (Lipinski definition) is 5. The van der Waals surface area contributed by atoms with Crippen molar-refractivity contribution in [2.75, 3.05) is 18.9 Å². The van der Waals surface area contributed by atoms with E-state index in [2.05, 4.69) is 44.4 Å². The van der Waals surface area contributed by atoms with Crippen LogP contribution in [0.2, 0.25) is 15.3 Å². The minimum atomic E-state index is -4.43. The number of aliphatic hydroxyl groups is 1. The van der Waals surface area contributed by atoms with Gasteiger partial charge < -0.3 is 20.3 Å². The van der Waals surface area contributed by atoms with E-state index in [4.69, 9.17) is 68.1 Å². The summed E-state index contributed by atoms with van der Waals surface area (Å²) in [5.74, 6) is -0.265. The van der Waals surface area contributed by atoms with Gasteiger partial charge in [0.1, 0.15) is 30.5 Å². The Balaban J connectivity index is 1.18. The number of nitrogens with zero attached hydrogens (tertiary/aromatic N) is 5. The second-order valence-electron chi connectivity index (χ2n) is 10.5. The second-order valence-corrected chi connectivity index (χ2v) is 17.4. The van der Waals surface area contributed by atoms with Gasteiger partial charge in [-0.2, -0.15) is 4.98 Å². The molecule has 17 nitrogen and oxygen atoms in total. The number of aliphatic hydroxyl groups excluding tert-OH is 1. The number of alkyl halides is 1. The van der Waals surface area contributed by atoms with Crippen LogP contribution in [0.15, 0.2) is 23.3 Å². The number of thiol groups is 2. The number of anilines is 1. The van der Waals surface area contributed by atoms with E-state index in [0.29, 0.717) is 11.0 Å². The van der Waals surface area contributed by atoms with Crippen molar-refractivity contribution < 1.29 is 46.2 Å². The molecule has 25 heteroatoms. The van der Waals surface area contributed by atoms with Gasteiger partial charge in [0.25, 0.3) is 5.56 Å². The molecule has 3 aliphatic heterocycles. The average Bonchev–Trinajstić information content (AvgIpc) is 3.70. The number of nitrogens with one attached hydrogen (secondary N) is 1. The standard InChI is InChI=1S/C22H21Cl3FN7O10P2S2/c23-6-1-8-9(2-7(6)24)33(21(25)29-8)20-14(34)16-11(41-20)4-39-44(36,46)42-15-10(3-38-45(37,47)43-16)40-19(12(15)26)32-5-28-13-17(32)30-22(27)31-18(13)35/h1-2,5,10-12,14-16,19-20,34H,3-4H2,(H,36,46)(H,37,47)(H3,27,30,31,35)/t10-,11-,12?,14?,15?,16?,19-,20-,44?,45?/m1/s1. The molecule has 6 heterocycles. The maximum atomic E-state index is 16.0. The average molecular weight is 795 g/mol. The minimum Gasteiger partial charge on any atom is -0.386 e. The van der Waals surface area contributed by atoms with Crippen LogP contribution in [0.4, 0.5) is 10.3 Å². The molecule has 4 aromatic rings. The lowest BCUT2D eigenvalue weighted by Gasteiger charge is -2.28. The van der Waals surface area contributed by atoms with Crippen molar-refractivity contribution >= 4 is 101 Å². The second kappa shape index (κ2) is 12.4. The molecular weight excluding hydrogens is 774 g/mol. The van der Waals surface area contributed by atoms with Crippen molar-refractivity contribution in [2.24, 2.45) is 0 Å². The predicted octanol–water partition coefficient (Wildman–Crippen LogP) is 4.10. The Kier molecular flexibility index (Phi) is 8.96. The lowest BCUT2D eigenvalue weighted by atomic mass is 10.1. The number of H-pyrrole nitrogens is 1. The molecule has 3 fully saturated rings. The summed E-state index contributed by atoms with van der Waals surface area (Å²) in [6, 6.07) is 2.91. The Bertz CT molecular complexity index is 2060. The summed E-state index contributed by atoms with van der Waals surface area (Å²) >= 11 is 26.7. The van der Waals surface area contributed by atoms with Crippen LogP contribution in [0.5, 0.6) is 0 Å². The quantitative estimate of drug-likeness (QED) is 0.143. The number of ether oxygens (including phenoxy) is 2. The molecular formula is C22H21Cl3FN7O10P2S2. The Labute approximate surface area is 287 Å². The van der Waals surface area contributed by atoms with Gasteiger partial charge in [-0.15, -0.1) is 0 Å². The van der Waals surface area contributed by atoms with Gasteiger partial charge in [0.2, 0.25) is 11.2 Å². The first kappa shape index (κ1) is 34.0. The van der Waals surface area contributed by atoms with E-state index < -0.39 is 81.5 Å². The first-order valence-electron chi connectivity index (χ1n) is 13.3. The SMILES string of the molecule is Nc1nc2c(ncn2[C@@H]2O[C@@H]3COP(=O)(S)OC4C(O)[C@H](n5c(Cl)nc6cc(Cl)c(Cl)cc65)O[C@@H]4COP(=O)(S)OC3C2F)c(=O)[nH]1. The molecule has 0 bridgehead atoms. The van der Waals surface area contributed by atoms with Gasteiger partial charge in [-0.05, 0) is 23.7 Å². The monoisotopic (exact) mass is 793 g/mol. The minimum absolute atomic E-state index is 0.115. The summed E-state index contributed by atoms with van der Waals surface area (Å²) in [6.07, 6.45) is -11.4. The normalized spacial score (nSPS) is 36.7. The zero-order chi connectivity index (χ0) is 33.6. The number of hydrogen-bond acceptors (Lipinski definition) is 14. The molecule has 10 atom stereocenters. The summed E-state index contributed by atoms with van der Waals surface area (Å²) in [4.78, 5) is 26.7. The van der Waals surface area contributed by atoms with Crippen LogP contribution in [0.1, 0.15) is 12.5 Å². The molecule has 254 valence electrons. The van der Waals surface area contributed by atoms with Crippen LogP contribution in [-0.2, 0) is 36.7 Å². The van der Waals surface area contributed by atoms with Crippen molar-refractivity contribution in [3.05, 3.63) is 44.1 Å². The van der Waals surface area contributed by atoms with E-state index >= 15 is 4.39 Å². The molecule has 7 rings (SSSR count). The molecule has 3 saturated heterocycles. The van der Waals surface area contributed by atoms with Crippen molar-refractivity contribution in [1.82, 2.24) is 29.1 Å². The molecule has 0 spiro atoms. The maximum absolute atomic E-state index is 16.0. The lowest BCUT2D eigenvalue weighted by molar-refractivity contribution is -0.0553. The third-order valence-corrected chi connectivity index (χ3v) is 11.8. The number of nitrogens with two attached hydrogens (primary N) is 1. The number of imidazole rings is 2. The molecule has 0 aliphatic carbocycles. The third kappa shape index (κ3) is 6.25. The number of aromatic nitrogens is 6. The van der Waals surface area contributed by atoms with Crippen molar-refractivity contribution in [3.63, 3.8) is 0 Å². The van der Waals surface area contributed by atoms with Crippen molar-refractivity contribution in [1.29, 1.82) is 0 Å². The van der Waals surface area contributed by atoms with Gasteiger partial charge in [0.05, 0.1) is 40.6 Å². The topological polar surface area (TPSA) is 217 Å². The van der Waals surface area contributed by atoms with Crippen LogP contribution in [0, 0.1) is 0 Å². The van der Waals surface area contributed by atoms with Gasteiger partial charge in [0, 0.05) is 0 Å². The van der Waals surface area contributed by atoms with E-state index in [9.17, 15) is 19.0 Å². The van der Waals surface area contributed by atoms with E-state index in [1.165, 1.54) is 16.7 Å². The Hall–Kier alpha value is -1.48. The zero-order valence-corrected chi connectivity index (χ0v) is 28.8. The number of aromatic amines is 1. The molecule has 0 amide bonds. The largest absolute Gasteiger partial charge is 0.386 e. The van der Waals surface area contributed by atoms with Crippen LogP contribution >= 0.6 is 72.9 Å². The molecule has 0 saturated carbocycles. The van der Waals surface area contributed by atoms with Gasteiger partial charge in [0.15, 0.2) is 29.8 Å². The van der Waals surface area contributed by atoms with E-state index in [1.807, 2.05) is 0 Å². The summed E-state index contributed by atoms with van der Waals surface area (Å²) in [5.41, 5.74) is 5.34.